The molecule has 1 heterocycles. The van der Waals surface area contributed by atoms with E-state index in [1.165, 1.54) is 22.9 Å². The molecule has 24 heavy (non-hydrogen) atoms. The van der Waals surface area contributed by atoms with Crippen LogP contribution in [0.25, 0.3) is 11.3 Å². The standard InChI is InChI=1S/C20H19N3S/c1-15-8-10-16(11-9-15)12-18(13-21)24-20-22-14-19(23(20)2)17-6-4-3-5-7-17/h3-11,14,18H,12H2,1-2H3. The summed E-state index contributed by atoms with van der Waals surface area (Å²) in [6.45, 7) is 2.07. The fraction of sp³-hybridized carbons (Fsp3) is 0.200. The van der Waals surface area contributed by atoms with Gasteiger partial charge in [-0.1, -0.05) is 71.9 Å². The summed E-state index contributed by atoms with van der Waals surface area (Å²) in [7, 11) is 2.00. The van der Waals surface area contributed by atoms with Crippen molar-refractivity contribution in [3.8, 4) is 17.3 Å². The molecule has 2 aromatic carbocycles. The molecule has 3 aromatic rings. The van der Waals surface area contributed by atoms with Gasteiger partial charge in [-0.05, 0) is 24.5 Å². The molecule has 1 atom stereocenters. The summed E-state index contributed by atoms with van der Waals surface area (Å²) in [6.07, 6.45) is 2.59. The minimum absolute atomic E-state index is 0.155. The van der Waals surface area contributed by atoms with E-state index in [1.807, 2.05) is 31.4 Å². The first-order chi connectivity index (χ1) is 11.7. The molecule has 0 saturated carbocycles. The Balaban J connectivity index is 1.76. The van der Waals surface area contributed by atoms with Crippen LogP contribution >= 0.6 is 11.8 Å². The van der Waals surface area contributed by atoms with E-state index in [4.69, 9.17) is 0 Å². The largest absolute Gasteiger partial charge is 0.322 e. The van der Waals surface area contributed by atoms with Crippen LogP contribution in [0.5, 0.6) is 0 Å². The van der Waals surface area contributed by atoms with E-state index in [-0.39, 0.29) is 5.25 Å². The summed E-state index contributed by atoms with van der Waals surface area (Å²) >= 11 is 1.52. The Labute approximate surface area is 147 Å². The van der Waals surface area contributed by atoms with Gasteiger partial charge in [-0.2, -0.15) is 5.26 Å². The molecule has 1 aromatic heterocycles. The predicted octanol–water partition coefficient (Wildman–Crippen LogP) is 4.62. The van der Waals surface area contributed by atoms with Crippen molar-refractivity contribution >= 4 is 11.8 Å². The average molecular weight is 333 g/mol. The number of hydrogen-bond acceptors (Lipinski definition) is 3. The van der Waals surface area contributed by atoms with Gasteiger partial charge in [0.15, 0.2) is 5.16 Å². The monoisotopic (exact) mass is 333 g/mol. The van der Waals surface area contributed by atoms with Gasteiger partial charge in [-0.25, -0.2) is 4.98 Å². The van der Waals surface area contributed by atoms with E-state index in [1.54, 1.807) is 0 Å². The quantitative estimate of drug-likeness (QED) is 0.640. The minimum atomic E-state index is -0.155. The number of nitriles is 1. The maximum atomic E-state index is 9.51. The van der Waals surface area contributed by atoms with Crippen LogP contribution in [-0.4, -0.2) is 14.8 Å². The van der Waals surface area contributed by atoms with Crippen LogP contribution in [0.3, 0.4) is 0 Å². The smallest absolute Gasteiger partial charge is 0.169 e. The Hall–Kier alpha value is -2.51. The van der Waals surface area contributed by atoms with Crippen molar-refractivity contribution in [2.75, 3.05) is 0 Å². The minimum Gasteiger partial charge on any atom is -0.322 e. The predicted molar refractivity (Wildman–Crippen MR) is 98.8 cm³/mol. The van der Waals surface area contributed by atoms with Gasteiger partial charge in [0.25, 0.3) is 0 Å². The number of aryl methyl sites for hydroxylation is 1. The molecule has 3 rings (SSSR count). The highest BCUT2D eigenvalue weighted by atomic mass is 32.2. The Bertz CT molecular complexity index is 845. The molecule has 0 radical (unpaired) electrons. The molecule has 1 unspecified atom stereocenters. The van der Waals surface area contributed by atoms with Crippen molar-refractivity contribution in [3.05, 3.63) is 71.9 Å². The van der Waals surface area contributed by atoms with Crippen LogP contribution in [0.4, 0.5) is 0 Å². The lowest BCUT2D eigenvalue weighted by Gasteiger charge is -2.10. The number of hydrogen-bond donors (Lipinski definition) is 0. The van der Waals surface area contributed by atoms with Crippen molar-refractivity contribution < 1.29 is 0 Å². The van der Waals surface area contributed by atoms with Gasteiger partial charge < -0.3 is 4.57 Å². The number of rotatable bonds is 5. The molecule has 3 nitrogen and oxygen atoms in total. The van der Waals surface area contributed by atoms with Crippen LogP contribution < -0.4 is 0 Å². The van der Waals surface area contributed by atoms with Crippen LogP contribution in [0.1, 0.15) is 11.1 Å². The number of thioether (sulfide) groups is 1. The fourth-order valence-corrected chi connectivity index (χ4v) is 3.51. The average Bonchev–Trinajstić information content (AvgIpc) is 2.97. The number of nitrogens with zero attached hydrogens (tertiary/aromatic N) is 3. The summed E-state index contributed by atoms with van der Waals surface area (Å²) in [5.74, 6) is 0. The summed E-state index contributed by atoms with van der Waals surface area (Å²) in [4.78, 5) is 4.51. The summed E-state index contributed by atoms with van der Waals surface area (Å²) in [5, 5.41) is 10.2. The highest BCUT2D eigenvalue weighted by Crippen LogP contribution is 2.28. The first-order valence-corrected chi connectivity index (χ1v) is 8.74. The van der Waals surface area contributed by atoms with Gasteiger partial charge in [0.2, 0.25) is 0 Å². The molecule has 0 fully saturated rings. The molecule has 0 aliphatic carbocycles. The van der Waals surface area contributed by atoms with Crippen molar-refractivity contribution in [1.29, 1.82) is 5.26 Å². The van der Waals surface area contributed by atoms with Gasteiger partial charge >= 0.3 is 0 Å². The van der Waals surface area contributed by atoms with E-state index in [9.17, 15) is 5.26 Å². The van der Waals surface area contributed by atoms with Gasteiger partial charge in [0.1, 0.15) is 5.25 Å². The van der Waals surface area contributed by atoms with Crippen molar-refractivity contribution in [2.24, 2.45) is 7.05 Å². The van der Waals surface area contributed by atoms with Crippen LogP contribution in [0.15, 0.2) is 66.0 Å². The molecular weight excluding hydrogens is 314 g/mol. The third-order valence-corrected chi connectivity index (χ3v) is 5.10. The normalized spacial score (nSPS) is 11.9. The van der Waals surface area contributed by atoms with Crippen LogP contribution in [-0.2, 0) is 13.5 Å². The first-order valence-electron chi connectivity index (χ1n) is 7.86. The second-order valence-corrected chi connectivity index (χ2v) is 6.95. The Morgan fingerprint density at radius 1 is 1.12 bits per heavy atom. The first kappa shape index (κ1) is 16.4. The van der Waals surface area contributed by atoms with Gasteiger partial charge in [0.05, 0.1) is 18.0 Å². The highest BCUT2D eigenvalue weighted by Gasteiger charge is 2.16. The van der Waals surface area contributed by atoms with Crippen LogP contribution in [0, 0.1) is 18.3 Å². The molecule has 0 spiro atoms. The molecule has 0 aliphatic rings. The number of benzene rings is 2. The van der Waals surface area contributed by atoms with Crippen molar-refractivity contribution in [2.45, 2.75) is 23.8 Å². The molecule has 4 heteroatoms. The summed E-state index contributed by atoms with van der Waals surface area (Å²) < 4.78 is 2.06. The van der Waals surface area contributed by atoms with Crippen LogP contribution in [0.2, 0.25) is 0 Å². The maximum absolute atomic E-state index is 9.51. The second-order valence-electron chi connectivity index (χ2n) is 5.78. The third-order valence-electron chi connectivity index (χ3n) is 3.95. The molecule has 0 aliphatic heterocycles. The molecule has 0 amide bonds. The Morgan fingerprint density at radius 2 is 1.83 bits per heavy atom. The second kappa shape index (κ2) is 7.37. The van der Waals surface area contributed by atoms with Gasteiger partial charge in [0, 0.05) is 7.05 Å². The molecule has 0 N–H and O–H groups in total. The van der Waals surface area contributed by atoms with E-state index in [0.717, 1.165) is 22.8 Å². The summed E-state index contributed by atoms with van der Waals surface area (Å²) in [6, 6.07) is 20.9. The fourth-order valence-electron chi connectivity index (χ4n) is 2.56. The zero-order chi connectivity index (χ0) is 16.9. The molecule has 120 valence electrons. The number of imidazole rings is 1. The number of aromatic nitrogens is 2. The summed E-state index contributed by atoms with van der Waals surface area (Å²) in [5.41, 5.74) is 4.60. The molecule has 0 bridgehead atoms. The molecular formula is C20H19N3S. The lowest BCUT2D eigenvalue weighted by molar-refractivity contribution is 0.793. The van der Waals surface area contributed by atoms with Crippen molar-refractivity contribution in [3.63, 3.8) is 0 Å². The van der Waals surface area contributed by atoms with E-state index >= 15 is 0 Å². The lowest BCUT2D eigenvalue weighted by atomic mass is 10.1. The van der Waals surface area contributed by atoms with Gasteiger partial charge in [-0.3, -0.25) is 0 Å². The zero-order valence-corrected chi connectivity index (χ0v) is 14.6. The highest BCUT2D eigenvalue weighted by molar-refractivity contribution is 8.00. The van der Waals surface area contributed by atoms with E-state index in [0.29, 0.717) is 0 Å². The zero-order valence-electron chi connectivity index (χ0n) is 13.8. The van der Waals surface area contributed by atoms with Crippen molar-refractivity contribution in [1.82, 2.24) is 9.55 Å². The Kier molecular flexibility index (Phi) is 5.02. The molecule has 0 saturated heterocycles. The van der Waals surface area contributed by atoms with E-state index < -0.39 is 0 Å². The Morgan fingerprint density at radius 3 is 2.50 bits per heavy atom. The van der Waals surface area contributed by atoms with Gasteiger partial charge in [-0.15, -0.1) is 0 Å². The maximum Gasteiger partial charge on any atom is 0.169 e. The van der Waals surface area contributed by atoms with E-state index in [2.05, 4.69) is 58.9 Å². The SMILES string of the molecule is Cc1ccc(CC(C#N)Sc2ncc(-c3ccccc3)n2C)cc1. The third kappa shape index (κ3) is 3.69. The topological polar surface area (TPSA) is 41.6 Å². The lowest BCUT2D eigenvalue weighted by Crippen LogP contribution is -2.06.